The van der Waals surface area contributed by atoms with Gasteiger partial charge in [0.2, 0.25) is 0 Å². The molecule has 9 heavy (non-hydrogen) atoms. The molecule has 2 N–H and O–H groups in total. The van der Waals surface area contributed by atoms with Gasteiger partial charge in [-0.15, -0.1) is 0 Å². The number of hydrogen-bond donors (Lipinski definition) is 1. The molecule has 1 heteroatoms. The van der Waals surface area contributed by atoms with Crippen LogP contribution >= 0.6 is 0 Å². The van der Waals surface area contributed by atoms with Crippen molar-refractivity contribution in [3.05, 3.63) is 0 Å². The molecule has 1 aliphatic rings. The summed E-state index contributed by atoms with van der Waals surface area (Å²) in [5, 5.41) is 0. The molecular formula is C8H17N. The van der Waals surface area contributed by atoms with E-state index in [4.69, 9.17) is 15.2 Å². The molecule has 0 aromatic rings. The number of rotatable bonds is 1. The van der Waals surface area contributed by atoms with E-state index in [0.717, 1.165) is 13.8 Å². The highest BCUT2D eigenvalue weighted by molar-refractivity contribution is 4.77. The molecule has 1 fully saturated rings. The third-order valence-corrected chi connectivity index (χ3v) is 1.10. The van der Waals surface area contributed by atoms with Crippen LogP contribution in [-0.2, 0) is 0 Å². The normalized spacial score (nSPS) is 105. The van der Waals surface area contributed by atoms with E-state index in [1.54, 1.807) is 0 Å². The van der Waals surface area contributed by atoms with Gasteiger partial charge in [-0.3, -0.25) is 0 Å². The Labute approximate surface area is 73.2 Å². The molecule has 0 bridgehead atoms. The minimum absolute atomic E-state index is 0.481. The van der Waals surface area contributed by atoms with Gasteiger partial charge in [-0.05, 0) is 30.9 Å². The van der Waals surface area contributed by atoms with Gasteiger partial charge in [-0.25, -0.2) is 0 Å². The van der Waals surface area contributed by atoms with Gasteiger partial charge in [-0.1, -0.05) is 13.8 Å². The van der Waals surface area contributed by atoms with Gasteiger partial charge in [0.25, 0.3) is 0 Å². The largest absolute Gasteiger partial charge is 0.327 e. The summed E-state index contributed by atoms with van der Waals surface area (Å²) < 4.78 is 85.4. The van der Waals surface area contributed by atoms with Gasteiger partial charge in [0, 0.05) is 18.4 Å². The molecule has 0 aromatic heterocycles. The lowest BCUT2D eigenvalue weighted by atomic mass is 9.80. The standard InChI is InChI=1S/C8H17N/c1-6-3-4-8(9)7(2)5-6/h6-8H,3-5,9H2,1-2H3/i3D2,4D2,5D2,6D,7D,8D/hD2. The number of hydrogen-bond acceptors (Lipinski definition) is 1. The van der Waals surface area contributed by atoms with Crippen molar-refractivity contribution in [1.29, 1.82) is 0 Å². The van der Waals surface area contributed by atoms with Crippen molar-refractivity contribution in [3.63, 3.8) is 0 Å². The fourth-order valence-corrected chi connectivity index (χ4v) is 0.618. The lowest BCUT2D eigenvalue weighted by molar-refractivity contribution is 0.263. The van der Waals surface area contributed by atoms with E-state index in [1.165, 1.54) is 0 Å². The highest BCUT2D eigenvalue weighted by Gasteiger charge is 2.21. The Kier molecular flexibility index (Phi) is 0.427. The molecule has 3 unspecified atom stereocenters. The molecule has 1 saturated carbocycles. The van der Waals surface area contributed by atoms with Crippen LogP contribution in [0.2, 0.25) is 2.82 Å². The topological polar surface area (TPSA) is 26.0 Å². The SMILES string of the molecule is [2H]N([2H])C1([2H])C([2H])([2H])C([2H])([2H])C([2H])(C)C([2H])([2H])C1([2H])C. The zero-order chi connectivity index (χ0) is 16.6. The molecule has 0 saturated heterocycles. The molecule has 0 aromatic carbocycles. The zero-order valence-electron chi connectivity index (χ0n) is 16.4. The van der Waals surface area contributed by atoms with Gasteiger partial charge in [0.1, 0.15) is 2.82 Å². The van der Waals surface area contributed by atoms with Crippen LogP contribution in [0.3, 0.4) is 0 Å². The highest BCUT2D eigenvalue weighted by atomic mass is 14.7. The Balaban J connectivity index is 3.83. The van der Waals surface area contributed by atoms with Gasteiger partial charge >= 0.3 is 0 Å². The number of nitrogens with two attached hydrogens (primary N) is 1. The van der Waals surface area contributed by atoms with Crippen molar-refractivity contribution in [2.24, 2.45) is 17.5 Å². The first-order chi connectivity index (χ1) is 8.44. The van der Waals surface area contributed by atoms with E-state index in [-0.39, 0.29) is 0 Å². The molecule has 1 aliphatic carbocycles. The van der Waals surface area contributed by atoms with Gasteiger partial charge < -0.3 is 5.72 Å². The van der Waals surface area contributed by atoms with Gasteiger partial charge in [0.05, 0.1) is 0 Å². The van der Waals surface area contributed by atoms with Crippen molar-refractivity contribution >= 4 is 0 Å². The molecule has 54 valence electrons. The third kappa shape index (κ3) is 1.68. The fourth-order valence-electron chi connectivity index (χ4n) is 0.618. The summed E-state index contributed by atoms with van der Waals surface area (Å²) in [6.45, 7) is 1.64. The lowest BCUT2D eigenvalue weighted by Crippen LogP contribution is -2.33. The molecule has 1 nitrogen and oxygen atoms in total. The summed E-state index contributed by atoms with van der Waals surface area (Å²) in [7, 11) is 0. The van der Waals surface area contributed by atoms with Crippen molar-refractivity contribution in [3.8, 4) is 0 Å². The molecular weight excluding hydrogens is 110 g/mol. The van der Waals surface area contributed by atoms with E-state index in [9.17, 15) is 0 Å². The van der Waals surface area contributed by atoms with Gasteiger partial charge in [0.15, 0.2) is 0 Å². The summed E-state index contributed by atoms with van der Waals surface area (Å²) >= 11 is 0. The van der Waals surface area contributed by atoms with E-state index in [2.05, 4.69) is 0 Å². The second kappa shape index (κ2) is 2.70. The third-order valence-electron chi connectivity index (χ3n) is 1.10. The second-order valence-corrected chi connectivity index (χ2v) is 1.97. The first-order valence-corrected chi connectivity index (χ1v) is 2.72. The minimum atomic E-state index is -3.29. The summed E-state index contributed by atoms with van der Waals surface area (Å²) in [6, 6.07) is -3.16. The van der Waals surface area contributed by atoms with E-state index < -0.39 is 42.6 Å². The Hall–Kier alpha value is -0.0400. The average Bonchev–Trinajstić information content (AvgIpc) is 2.24. The van der Waals surface area contributed by atoms with Crippen LogP contribution in [0, 0.1) is 11.8 Å². The van der Waals surface area contributed by atoms with E-state index in [1.807, 2.05) is 0 Å². The Bertz CT molecular complexity index is 383. The average molecular weight is 138 g/mol. The van der Waals surface area contributed by atoms with Crippen LogP contribution in [0.5, 0.6) is 0 Å². The van der Waals surface area contributed by atoms with Crippen LogP contribution in [0.25, 0.3) is 0 Å². The molecule has 0 aliphatic heterocycles. The highest BCUT2D eigenvalue weighted by Crippen LogP contribution is 2.26. The monoisotopic (exact) mass is 138 g/mol. The van der Waals surface area contributed by atoms with Crippen molar-refractivity contribution in [2.75, 3.05) is 0 Å². The summed E-state index contributed by atoms with van der Waals surface area (Å²) in [5.41, 5.74) is -0.481. The molecule has 1 rings (SSSR count). The first kappa shape index (κ1) is 1.42. The molecule has 0 amide bonds. The van der Waals surface area contributed by atoms with Crippen LogP contribution in [-0.4, -0.2) is 6.02 Å². The van der Waals surface area contributed by atoms with Crippen molar-refractivity contribution in [1.82, 2.24) is 0 Å². The maximum Gasteiger partial charge on any atom is 0.119 e. The van der Waals surface area contributed by atoms with Crippen molar-refractivity contribution in [2.45, 2.75) is 39.0 Å². The maximum atomic E-state index is 8.03. The van der Waals surface area contributed by atoms with Crippen molar-refractivity contribution < 1.29 is 15.2 Å². The minimum Gasteiger partial charge on any atom is -0.327 e. The van der Waals surface area contributed by atoms with Gasteiger partial charge in [-0.2, -0.15) is 0 Å². The lowest BCUT2D eigenvalue weighted by Gasteiger charge is -2.29. The molecule has 0 radical (unpaired) electrons. The predicted molar refractivity (Wildman–Crippen MR) is 40.2 cm³/mol. The molecule has 0 spiro atoms. The molecule has 0 heterocycles. The predicted octanol–water partition coefficient (Wildman–Crippen LogP) is 1.77. The zero-order valence-corrected chi connectivity index (χ0v) is 5.45. The van der Waals surface area contributed by atoms with Crippen LogP contribution < -0.4 is 5.72 Å². The Morgan fingerprint density at radius 2 is 2.44 bits per heavy atom. The Morgan fingerprint density at radius 3 is 3.11 bits per heavy atom. The quantitative estimate of drug-likeness (QED) is 0.587. The fraction of sp³-hybridized carbons (Fsp3) is 1.00. The van der Waals surface area contributed by atoms with Crippen LogP contribution in [0.4, 0.5) is 0 Å². The maximum absolute atomic E-state index is 8.03. The summed E-state index contributed by atoms with van der Waals surface area (Å²) in [4.78, 5) is 0. The smallest absolute Gasteiger partial charge is 0.119 e. The second-order valence-electron chi connectivity index (χ2n) is 1.97. The first-order valence-electron chi connectivity index (χ1n) is 8.12. The Morgan fingerprint density at radius 1 is 1.67 bits per heavy atom. The molecule has 3 atom stereocenters. The van der Waals surface area contributed by atoms with Crippen LogP contribution in [0.1, 0.15) is 45.3 Å². The van der Waals surface area contributed by atoms with E-state index >= 15 is 0 Å². The van der Waals surface area contributed by atoms with E-state index in [0.29, 0.717) is 0 Å². The van der Waals surface area contributed by atoms with Crippen LogP contribution in [0.15, 0.2) is 0 Å². The summed E-state index contributed by atoms with van der Waals surface area (Å²) in [5.74, 6) is -5.41. The summed E-state index contributed by atoms with van der Waals surface area (Å²) in [6.07, 6.45) is -9.45.